The average molecular weight is 313 g/mol. The first-order valence-corrected chi connectivity index (χ1v) is 7.34. The van der Waals surface area contributed by atoms with E-state index < -0.39 is 12.2 Å². The zero-order chi connectivity index (χ0) is 16.6. The third-order valence-electron chi connectivity index (χ3n) is 3.97. The van der Waals surface area contributed by atoms with Crippen molar-refractivity contribution in [3.8, 4) is 11.5 Å². The lowest BCUT2D eigenvalue weighted by atomic mass is 10.1. The molecule has 0 bridgehead atoms. The molecule has 1 aliphatic rings. The van der Waals surface area contributed by atoms with Gasteiger partial charge in [0, 0.05) is 11.3 Å². The summed E-state index contributed by atoms with van der Waals surface area (Å²) in [7, 11) is 3.05. The largest absolute Gasteiger partial charge is 0.493 e. The van der Waals surface area contributed by atoms with E-state index in [1.54, 1.807) is 6.07 Å². The maximum atomic E-state index is 12.3. The fourth-order valence-electron chi connectivity index (χ4n) is 2.74. The number of anilines is 1. The van der Waals surface area contributed by atoms with E-state index in [1.807, 2.05) is 38.1 Å². The Hall–Kier alpha value is -2.69. The topological polar surface area (TPSA) is 56.8 Å². The first kappa shape index (κ1) is 15.2. The predicted molar refractivity (Wildman–Crippen MR) is 87.2 cm³/mol. The average Bonchev–Trinajstić information content (AvgIpc) is 2.86. The van der Waals surface area contributed by atoms with Crippen LogP contribution in [0.1, 0.15) is 33.3 Å². The molecule has 0 saturated carbocycles. The van der Waals surface area contributed by atoms with Crippen LogP contribution in [0.25, 0.3) is 0 Å². The van der Waals surface area contributed by atoms with Crippen LogP contribution in [0.2, 0.25) is 0 Å². The number of esters is 1. The number of fused-ring (bicyclic) bond motifs is 1. The van der Waals surface area contributed by atoms with Gasteiger partial charge < -0.3 is 19.5 Å². The number of methoxy groups -OCH3 is 2. The monoisotopic (exact) mass is 313 g/mol. The SMILES string of the molecule is COc1ccc2c(c1OC)C(=O)O[C@H]2Nc1cc(C)ccc1C. The van der Waals surface area contributed by atoms with Crippen LogP contribution in [0.4, 0.5) is 5.69 Å². The van der Waals surface area contributed by atoms with Crippen molar-refractivity contribution in [1.82, 2.24) is 0 Å². The van der Waals surface area contributed by atoms with Crippen LogP contribution in [-0.4, -0.2) is 20.2 Å². The highest BCUT2D eigenvalue weighted by atomic mass is 16.6. The van der Waals surface area contributed by atoms with Crippen LogP contribution in [0, 0.1) is 13.8 Å². The number of carbonyl (C=O) groups is 1. The lowest BCUT2D eigenvalue weighted by molar-refractivity contribution is 0.0435. The Bertz CT molecular complexity index is 770. The summed E-state index contributed by atoms with van der Waals surface area (Å²) in [6.45, 7) is 4.03. The van der Waals surface area contributed by atoms with Gasteiger partial charge >= 0.3 is 5.97 Å². The van der Waals surface area contributed by atoms with Gasteiger partial charge in [0.2, 0.25) is 6.23 Å². The van der Waals surface area contributed by atoms with Crippen LogP contribution in [-0.2, 0) is 4.74 Å². The number of rotatable bonds is 4. The van der Waals surface area contributed by atoms with Gasteiger partial charge in [0.25, 0.3) is 0 Å². The van der Waals surface area contributed by atoms with Crippen LogP contribution >= 0.6 is 0 Å². The normalized spacial score (nSPS) is 15.8. The molecule has 1 heterocycles. The summed E-state index contributed by atoms with van der Waals surface area (Å²) in [5, 5.41) is 3.29. The number of benzene rings is 2. The number of carbonyl (C=O) groups excluding carboxylic acids is 1. The van der Waals surface area contributed by atoms with Gasteiger partial charge in [0.15, 0.2) is 11.5 Å². The zero-order valence-corrected chi connectivity index (χ0v) is 13.6. The van der Waals surface area contributed by atoms with Crippen LogP contribution in [0.15, 0.2) is 30.3 Å². The summed E-state index contributed by atoms with van der Waals surface area (Å²) in [6, 6.07) is 9.71. The Morgan fingerprint density at radius 1 is 1.09 bits per heavy atom. The van der Waals surface area contributed by atoms with Gasteiger partial charge in [-0.2, -0.15) is 0 Å². The van der Waals surface area contributed by atoms with Crippen molar-refractivity contribution in [3.05, 3.63) is 52.6 Å². The molecule has 5 nitrogen and oxygen atoms in total. The summed E-state index contributed by atoms with van der Waals surface area (Å²) >= 11 is 0. The van der Waals surface area contributed by atoms with E-state index >= 15 is 0 Å². The number of cyclic esters (lactones) is 1. The maximum Gasteiger partial charge on any atom is 0.344 e. The minimum Gasteiger partial charge on any atom is -0.493 e. The van der Waals surface area contributed by atoms with Crippen molar-refractivity contribution >= 4 is 11.7 Å². The van der Waals surface area contributed by atoms with E-state index in [2.05, 4.69) is 5.32 Å². The molecule has 0 spiro atoms. The molecule has 1 atom stereocenters. The summed E-state index contributed by atoms with van der Waals surface area (Å²) in [4.78, 5) is 12.3. The third-order valence-corrected chi connectivity index (χ3v) is 3.97. The van der Waals surface area contributed by atoms with E-state index in [9.17, 15) is 4.79 Å². The highest BCUT2D eigenvalue weighted by Gasteiger charge is 2.36. The molecule has 0 saturated heterocycles. The van der Waals surface area contributed by atoms with Gasteiger partial charge in [-0.3, -0.25) is 0 Å². The lowest BCUT2D eigenvalue weighted by Gasteiger charge is -2.17. The summed E-state index contributed by atoms with van der Waals surface area (Å²) < 4.78 is 16.1. The van der Waals surface area contributed by atoms with Gasteiger partial charge in [0.1, 0.15) is 5.56 Å². The molecule has 120 valence electrons. The Morgan fingerprint density at radius 2 is 1.87 bits per heavy atom. The molecule has 5 heteroatoms. The molecule has 2 aromatic rings. The highest BCUT2D eigenvalue weighted by Crippen LogP contribution is 2.42. The van der Waals surface area contributed by atoms with E-state index in [0.29, 0.717) is 17.1 Å². The van der Waals surface area contributed by atoms with Gasteiger partial charge in [0.05, 0.1) is 14.2 Å². The molecule has 1 aliphatic heterocycles. The second-order valence-electron chi connectivity index (χ2n) is 5.51. The molecule has 0 amide bonds. The van der Waals surface area contributed by atoms with Crippen molar-refractivity contribution < 1.29 is 19.0 Å². The molecule has 0 fully saturated rings. The second kappa shape index (κ2) is 5.83. The van der Waals surface area contributed by atoms with Crippen LogP contribution < -0.4 is 14.8 Å². The predicted octanol–water partition coefficient (Wildman–Crippen LogP) is 3.60. The number of hydrogen-bond acceptors (Lipinski definition) is 5. The quantitative estimate of drug-likeness (QED) is 0.874. The van der Waals surface area contributed by atoms with Gasteiger partial charge in [-0.1, -0.05) is 12.1 Å². The fourth-order valence-corrected chi connectivity index (χ4v) is 2.74. The van der Waals surface area contributed by atoms with Crippen LogP contribution in [0.5, 0.6) is 11.5 Å². The molecule has 23 heavy (non-hydrogen) atoms. The van der Waals surface area contributed by atoms with Crippen molar-refractivity contribution in [2.75, 3.05) is 19.5 Å². The lowest BCUT2D eigenvalue weighted by Crippen LogP contribution is -2.11. The van der Waals surface area contributed by atoms with E-state index in [-0.39, 0.29) is 0 Å². The minimum atomic E-state index is -0.544. The van der Waals surface area contributed by atoms with Crippen LogP contribution in [0.3, 0.4) is 0 Å². The van der Waals surface area contributed by atoms with Crippen molar-refractivity contribution in [2.24, 2.45) is 0 Å². The van der Waals surface area contributed by atoms with Gasteiger partial charge in [-0.05, 0) is 43.2 Å². The first-order chi connectivity index (χ1) is 11.0. The van der Waals surface area contributed by atoms with Crippen molar-refractivity contribution in [1.29, 1.82) is 0 Å². The Balaban J connectivity index is 2.00. The molecule has 2 aromatic carbocycles. The first-order valence-electron chi connectivity index (χ1n) is 7.34. The molecule has 0 unspecified atom stereocenters. The zero-order valence-electron chi connectivity index (χ0n) is 13.6. The van der Waals surface area contributed by atoms with Gasteiger partial charge in [-0.25, -0.2) is 4.79 Å². The van der Waals surface area contributed by atoms with E-state index in [1.165, 1.54) is 14.2 Å². The molecule has 3 rings (SSSR count). The maximum absolute atomic E-state index is 12.3. The standard InChI is InChI=1S/C18H19NO4/c1-10-5-6-11(2)13(9-10)19-17-12-7-8-14(21-3)16(22-4)15(12)18(20)23-17/h5-9,17,19H,1-4H3/t17-/m1/s1. The number of aryl methyl sites for hydroxylation is 2. The number of nitrogens with one attached hydrogen (secondary N) is 1. The van der Waals surface area contributed by atoms with Crippen molar-refractivity contribution in [3.63, 3.8) is 0 Å². The third kappa shape index (κ3) is 2.59. The second-order valence-corrected chi connectivity index (χ2v) is 5.51. The minimum absolute atomic E-state index is 0.403. The summed E-state index contributed by atoms with van der Waals surface area (Å²) in [6.07, 6.45) is -0.544. The number of hydrogen-bond donors (Lipinski definition) is 1. The summed E-state index contributed by atoms with van der Waals surface area (Å²) in [5.74, 6) is 0.495. The fraction of sp³-hybridized carbons (Fsp3) is 0.278. The van der Waals surface area contributed by atoms with E-state index in [4.69, 9.17) is 14.2 Å². The Morgan fingerprint density at radius 3 is 2.57 bits per heavy atom. The van der Waals surface area contributed by atoms with Gasteiger partial charge in [-0.15, -0.1) is 0 Å². The molecule has 1 N–H and O–H groups in total. The molecule has 0 aliphatic carbocycles. The highest BCUT2D eigenvalue weighted by molar-refractivity contribution is 5.98. The Kier molecular flexibility index (Phi) is 3.86. The van der Waals surface area contributed by atoms with Crippen molar-refractivity contribution in [2.45, 2.75) is 20.1 Å². The summed E-state index contributed by atoms with van der Waals surface area (Å²) in [5.41, 5.74) is 4.31. The molecule has 0 radical (unpaired) electrons. The molecular weight excluding hydrogens is 294 g/mol. The molecule has 0 aromatic heterocycles. The Labute approximate surface area is 135 Å². The number of ether oxygens (including phenoxy) is 3. The molecular formula is C18H19NO4. The smallest absolute Gasteiger partial charge is 0.344 e. The van der Waals surface area contributed by atoms with E-state index in [0.717, 1.165) is 22.4 Å².